The van der Waals surface area contributed by atoms with Gasteiger partial charge in [0.05, 0.1) is 0 Å². The van der Waals surface area contributed by atoms with Gasteiger partial charge in [0.2, 0.25) is 0 Å². The molecule has 0 bridgehead atoms. The Morgan fingerprint density at radius 2 is 1.94 bits per heavy atom. The molecule has 0 amide bonds. The van der Waals surface area contributed by atoms with E-state index in [9.17, 15) is 0 Å². The van der Waals surface area contributed by atoms with Crippen molar-refractivity contribution in [3.8, 4) is 5.19 Å². The van der Waals surface area contributed by atoms with Crippen LogP contribution in [0.3, 0.4) is 0 Å². The van der Waals surface area contributed by atoms with Crippen LogP contribution in [0.1, 0.15) is 40.5 Å². The van der Waals surface area contributed by atoms with Gasteiger partial charge >= 0.3 is 0 Å². The first-order chi connectivity index (χ1) is 7.36. The Kier molecular flexibility index (Phi) is 2.92. The zero-order chi connectivity index (χ0) is 11.8. The summed E-state index contributed by atoms with van der Waals surface area (Å²) in [6.07, 6.45) is 2.21. The minimum absolute atomic E-state index is 0.108. The van der Waals surface area contributed by atoms with E-state index >= 15 is 0 Å². The molecule has 0 spiro atoms. The second kappa shape index (κ2) is 3.96. The molecular formula is C11H19N3OS. The van der Waals surface area contributed by atoms with Crippen LogP contribution in [0.15, 0.2) is 5.51 Å². The van der Waals surface area contributed by atoms with Crippen LogP contribution >= 0.6 is 11.3 Å². The largest absolute Gasteiger partial charge is 0.465 e. The predicted octanol–water partition coefficient (Wildman–Crippen LogP) is 2.23. The Hall–Kier alpha value is -0.680. The van der Waals surface area contributed by atoms with Crippen molar-refractivity contribution in [2.45, 2.75) is 57.7 Å². The van der Waals surface area contributed by atoms with Crippen molar-refractivity contribution in [1.82, 2.24) is 15.5 Å². The molecule has 1 N–H and O–H groups in total. The quantitative estimate of drug-likeness (QED) is 0.862. The third-order valence-electron chi connectivity index (χ3n) is 2.76. The van der Waals surface area contributed by atoms with Crippen LogP contribution in [0.4, 0.5) is 0 Å². The van der Waals surface area contributed by atoms with Gasteiger partial charge in [0, 0.05) is 23.9 Å². The predicted molar refractivity (Wildman–Crippen MR) is 64.9 cm³/mol. The van der Waals surface area contributed by atoms with Crippen LogP contribution in [0.2, 0.25) is 0 Å². The highest BCUT2D eigenvalue weighted by molar-refractivity contribution is 7.11. The summed E-state index contributed by atoms with van der Waals surface area (Å²) >= 11 is 1.45. The van der Waals surface area contributed by atoms with E-state index in [-0.39, 0.29) is 17.2 Å². The molecule has 1 aromatic heterocycles. The lowest BCUT2D eigenvalue weighted by atomic mass is 9.81. The van der Waals surface area contributed by atoms with Gasteiger partial charge in [0.25, 0.3) is 5.19 Å². The second-order valence-corrected chi connectivity index (χ2v) is 6.54. The molecule has 0 unspecified atom stereocenters. The number of rotatable bonds is 2. The highest BCUT2D eigenvalue weighted by Gasteiger charge is 2.38. The monoisotopic (exact) mass is 241 g/mol. The van der Waals surface area contributed by atoms with Crippen molar-refractivity contribution >= 4 is 11.3 Å². The standard InChI is InChI=1S/C11H19N3OS/c1-10(2)5-8(6-11(3,4)14-10)15-9-13-12-7-16-9/h7-8,14H,5-6H2,1-4H3. The first-order valence-electron chi connectivity index (χ1n) is 5.59. The van der Waals surface area contributed by atoms with Gasteiger partial charge in [-0.15, -0.1) is 10.2 Å². The van der Waals surface area contributed by atoms with Crippen LogP contribution in [-0.2, 0) is 0 Å². The molecule has 5 heteroatoms. The number of nitrogens with one attached hydrogen (secondary N) is 1. The molecular weight excluding hydrogens is 222 g/mol. The van der Waals surface area contributed by atoms with E-state index in [2.05, 4.69) is 43.2 Å². The average Bonchev–Trinajstić information content (AvgIpc) is 2.49. The topological polar surface area (TPSA) is 47.0 Å². The normalized spacial score (nSPS) is 24.2. The zero-order valence-electron chi connectivity index (χ0n) is 10.3. The van der Waals surface area contributed by atoms with E-state index in [0.29, 0.717) is 5.19 Å². The number of piperidine rings is 1. The molecule has 0 aromatic carbocycles. The maximum Gasteiger partial charge on any atom is 0.294 e. The molecule has 0 saturated carbocycles. The highest BCUT2D eigenvalue weighted by Crippen LogP contribution is 2.31. The molecule has 0 aliphatic carbocycles. The minimum atomic E-state index is 0.108. The van der Waals surface area contributed by atoms with Crippen molar-refractivity contribution in [1.29, 1.82) is 0 Å². The number of hydrogen-bond donors (Lipinski definition) is 1. The summed E-state index contributed by atoms with van der Waals surface area (Å²) in [5, 5.41) is 12.0. The molecule has 2 rings (SSSR count). The van der Waals surface area contributed by atoms with E-state index in [1.807, 2.05) is 0 Å². The number of ether oxygens (including phenoxy) is 1. The van der Waals surface area contributed by atoms with Gasteiger partial charge in [0.1, 0.15) is 11.6 Å². The third-order valence-corrected chi connectivity index (χ3v) is 3.34. The molecule has 0 radical (unpaired) electrons. The lowest BCUT2D eigenvalue weighted by Gasteiger charge is -2.45. The fourth-order valence-corrected chi connectivity index (χ4v) is 3.14. The molecule has 1 fully saturated rings. The van der Waals surface area contributed by atoms with E-state index in [1.165, 1.54) is 11.3 Å². The number of nitrogens with zero attached hydrogens (tertiary/aromatic N) is 2. The van der Waals surface area contributed by atoms with Crippen molar-refractivity contribution in [3.63, 3.8) is 0 Å². The molecule has 4 nitrogen and oxygen atoms in total. The van der Waals surface area contributed by atoms with Crippen LogP contribution in [-0.4, -0.2) is 27.4 Å². The Labute approximate surface area is 100 Å². The fraction of sp³-hybridized carbons (Fsp3) is 0.818. The fourth-order valence-electron chi connectivity index (χ4n) is 2.67. The second-order valence-electron chi connectivity index (χ2n) is 5.75. The zero-order valence-corrected chi connectivity index (χ0v) is 11.1. The van der Waals surface area contributed by atoms with Crippen molar-refractivity contribution in [2.75, 3.05) is 0 Å². The van der Waals surface area contributed by atoms with Gasteiger partial charge in [-0.25, -0.2) is 0 Å². The minimum Gasteiger partial charge on any atom is -0.465 e. The average molecular weight is 241 g/mol. The van der Waals surface area contributed by atoms with Gasteiger partial charge in [-0.1, -0.05) is 11.3 Å². The molecule has 2 heterocycles. The SMILES string of the molecule is CC1(C)CC(Oc2nncs2)CC(C)(C)N1. The molecule has 0 atom stereocenters. The summed E-state index contributed by atoms with van der Waals surface area (Å²) in [5.74, 6) is 0. The van der Waals surface area contributed by atoms with Crippen molar-refractivity contribution in [3.05, 3.63) is 5.51 Å². The maximum absolute atomic E-state index is 5.87. The van der Waals surface area contributed by atoms with E-state index in [1.54, 1.807) is 5.51 Å². The van der Waals surface area contributed by atoms with Crippen LogP contribution in [0.25, 0.3) is 0 Å². The molecule has 90 valence electrons. The van der Waals surface area contributed by atoms with Crippen molar-refractivity contribution in [2.24, 2.45) is 0 Å². The first-order valence-corrected chi connectivity index (χ1v) is 6.46. The van der Waals surface area contributed by atoms with Gasteiger partial charge in [-0.3, -0.25) is 0 Å². The Morgan fingerprint density at radius 3 is 2.44 bits per heavy atom. The molecule has 16 heavy (non-hydrogen) atoms. The first kappa shape index (κ1) is 11.8. The van der Waals surface area contributed by atoms with Gasteiger partial charge in [0.15, 0.2) is 0 Å². The summed E-state index contributed by atoms with van der Waals surface area (Å²) in [4.78, 5) is 0. The van der Waals surface area contributed by atoms with Gasteiger partial charge < -0.3 is 10.1 Å². The van der Waals surface area contributed by atoms with Gasteiger partial charge in [-0.2, -0.15) is 0 Å². The lowest BCUT2D eigenvalue weighted by Crippen LogP contribution is -2.60. The Balaban J connectivity index is 2.05. The van der Waals surface area contributed by atoms with Crippen LogP contribution in [0, 0.1) is 0 Å². The Morgan fingerprint density at radius 1 is 1.31 bits per heavy atom. The Bertz CT molecular complexity index is 332. The summed E-state index contributed by atoms with van der Waals surface area (Å²) in [6.45, 7) is 8.85. The summed E-state index contributed by atoms with van der Waals surface area (Å²) in [6, 6.07) is 0. The van der Waals surface area contributed by atoms with Gasteiger partial charge in [-0.05, 0) is 27.7 Å². The van der Waals surface area contributed by atoms with Crippen LogP contribution < -0.4 is 10.1 Å². The van der Waals surface area contributed by atoms with E-state index in [0.717, 1.165) is 12.8 Å². The maximum atomic E-state index is 5.87. The molecule has 1 saturated heterocycles. The lowest BCUT2D eigenvalue weighted by molar-refractivity contribution is 0.0553. The number of hydrogen-bond acceptors (Lipinski definition) is 5. The smallest absolute Gasteiger partial charge is 0.294 e. The third kappa shape index (κ3) is 2.92. The molecule has 1 aliphatic rings. The summed E-state index contributed by atoms with van der Waals surface area (Å²) < 4.78 is 5.87. The van der Waals surface area contributed by atoms with Crippen LogP contribution in [0.5, 0.6) is 5.19 Å². The summed E-state index contributed by atoms with van der Waals surface area (Å²) in [7, 11) is 0. The van der Waals surface area contributed by atoms with E-state index < -0.39 is 0 Å². The summed E-state index contributed by atoms with van der Waals surface area (Å²) in [5.41, 5.74) is 1.92. The number of aromatic nitrogens is 2. The molecule has 1 aliphatic heterocycles. The van der Waals surface area contributed by atoms with Crippen molar-refractivity contribution < 1.29 is 4.74 Å². The highest BCUT2D eigenvalue weighted by atomic mass is 32.1. The van der Waals surface area contributed by atoms with E-state index in [4.69, 9.17) is 4.74 Å². The molecule has 1 aromatic rings.